The van der Waals surface area contributed by atoms with Gasteiger partial charge in [0.25, 0.3) is 0 Å². The lowest BCUT2D eigenvalue weighted by Crippen LogP contribution is -2.45. The van der Waals surface area contributed by atoms with Gasteiger partial charge in [-0.15, -0.1) is 0 Å². The van der Waals surface area contributed by atoms with E-state index in [1.807, 2.05) is 32.7 Å². The summed E-state index contributed by atoms with van der Waals surface area (Å²) in [6, 6.07) is 0. The van der Waals surface area contributed by atoms with Gasteiger partial charge >= 0.3 is 0 Å². The fourth-order valence-corrected chi connectivity index (χ4v) is 2.12. The Labute approximate surface area is 137 Å². The molecule has 130 valence electrons. The summed E-state index contributed by atoms with van der Waals surface area (Å²) < 4.78 is 5.07. The van der Waals surface area contributed by atoms with Crippen molar-refractivity contribution in [2.45, 2.75) is 34.1 Å². The van der Waals surface area contributed by atoms with Crippen molar-refractivity contribution in [3.8, 4) is 0 Å². The predicted molar refractivity (Wildman–Crippen MR) is 89.3 cm³/mol. The second-order valence-electron chi connectivity index (χ2n) is 5.14. The molecule has 0 aromatic carbocycles. The van der Waals surface area contributed by atoms with Gasteiger partial charge in [0.15, 0.2) is 11.8 Å². The summed E-state index contributed by atoms with van der Waals surface area (Å²) >= 11 is 0. The first kappa shape index (κ1) is 18.9. The fourth-order valence-electron chi connectivity index (χ4n) is 2.12. The molecule has 0 spiro atoms. The number of aromatic nitrogens is 2. The minimum Gasteiger partial charge on any atom is -0.357 e. The van der Waals surface area contributed by atoms with E-state index in [4.69, 9.17) is 4.52 Å². The van der Waals surface area contributed by atoms with Crippen LogP contribution in [0, 0.1) is 6.92 Å². The molecule has 1 amide bonds. The molecular weight excluding hydrogens is 296 g/mol. The molecule has 1 aromatic rings. The van der Waals surface area contributed by atoms with Gasteiger partial charge < -0.3 is 19.6 Å². The van der Waals surface area contributed by atoms with Crippen molar-refractivity contribution in [3.63, 3.8) is 0 Å². The molecule has 8 heteroatoms. The van der Waals surface area contributed by atoms with E-state index in [2.05, 4.69) is 20.4 Å². The van der Waals surface area contributed by atoms with Crippen molar-refractivity contribution in [2.24, 2.45) is 4.99 Å². The zero-order valence-electron chi connectivity index (χ0n) is 14.8. The van der Waals surface area contributed by atoms with Crippen LogP contribution in [-0.2, 0) is 11.2 Å². The lowest BCUT2D eigenvalue weighted by atomic mass is 10.4. The molecule has 8 nitrogen and oxygen atoms in total. The van der Waals surface area contributed by atoms with E-state index >= 15 is 0 Å². The quantitative estimate of drug-likeness (QED) is 0.559. The monoisotopic (exact) mass is 324 g/mol. The van der Waals surface area contributed by atoms with Gasteiger partial charge in [-0.1, -0.05) is 5.16 Å². The van der Waals surface area contributed by atoms with Crippen LogP contribution in [0.25, 0.3) is 0 Å². The number of rotatable bonds is 8. The smallest absolute Gasteiger partial charge is 0.242 e. The van der Waals surface area contributed by atoms with Gasteiger partial charge in [-0.2, -0.15) is 4.98 Å². The highest BCUT2D eigenvalue weighted by Crippen LogP contribution is 1.98. The minimum absolute atomic E-state index is 0.0932. The normalized spacial score (nSPS) is 11.4. The van der Waals surface area contributed by atoms with Crippen molar-refractivity contribution in [1.82, 2.24) is 25.3 Å². The van der Waals surface area contributed by atoms with Crippen molar-refractivity contribution in [2.75, 3.05) is 39.8 Å². The van der Waals surface area contributed by atoms with Gasteiger partial charge in [-0.3, -0.25) is 9.79 Å². The van der Waals surface area contributed by atoms with Crippen LogP contribution in [0.4, 0.5) is 0 Å². The number of aryl methyl sites for hydroxylation is 1. The number of hydrogen-bond donors (Lipinski definition) is 1. The molecule has 1 aromatic heterocycles. The Balaban J connectivity index is 2.60. The van der Waals surface area contributed by atoms with Gasteiger partial charge in [0, 0.05) is 33.1 Å². The molecule has 0 unspecified atom stereocenters. The summed E-state index contributed by atoms with van der Waals surface area (Å²) in [6.07, 6.45) is 0.577. The van der Waals surface area contributed by atoms with Crippen LogP contribution in [0.1, 0.15) is 32.5 Å². The molecule has 0 aliphatic carbocycles. The Hall–Kier alpha value is -2.12. The largest absolute Gasteiger partial charge is 0.357 e. The Kier molecular flexibility index (Phi) is 8.07. The van der Waals surface area contributed by atoms with Crippen LogP contribution in [0.5, 0.6) is 0 Å². The lowest BCUT2D eigenvalue weighted by molar-refractivity contribution is -0.131. The SMILES string of the molecule is CCNC(=NCCc1nc(C)no1)N(C)CC(=O)N(CC)CC. The van der Waals surface area contributed by atoms with Crippen molar-refractivity contribution < 1.29 is 9.32 Å². The molecular formula is C15H28N6O2. The fraction of sp³-hybridized carbons (Fsp3) is 0.733. The van der Waals surface area contributed by atoms with E-state index in [-0.39, 0.29) is 5.91 Å². The second kappa shape index (κ2) is 9.81. The Bertz CT molecular complexity index is 510. The van der Waals surface area contributed by atoms with Crippen molar-refractivity contribution >= 4 is 11.9 Å². The Morgan fingerprint density at radius 3 is 2.52 bits per heavy atom. The summed E-state index contributed by atoms with van der Waals surface area (Å²) in [6.45, 7) is 10.7. The third-order valence-electron chi connectivity index (χ3n) is 3.34. The van der Waals surface area contributed by atoms with Crippen LogP contribution in [0.3, 0.4) is 0 Å². The van der Waals surface area contributed by atoms with Gasteiger partial charge in [-0.05, 0) is 27.7 Å². The van der Waals surface area contributed by atoms with Gasteiger partial charge in [0.2, 0.25) is 11.8 Å². The summed E-state index contributed by atoms with van der Waals surface area (Å²) in [5, 5.41) is 6.95. The topological polar surface area (TPSA) is 86.9 Å². The number of carbonyl (C=O) groups is 1. The number of nitrogens with zero attached hydrogens (tertiary/aromatic N) is 5. The molecule has 0 radical (unpaired) electrons. The van der Waals surface area contributed by atoms with Crippen molar-refractivity contribution in [3.05, 3.63) is 11.7 Å². The summed E-state index contributed by atoms with van der Waals surface area (Å²) in [5.74, 6) is 1.99. The van der Waals surface area contributed by atoms with Crippen molar-refractivity contribution in [1.29, 1.82) is 0 Å². The second-order valence-corrected chi connectivity index (χ2v) is 5.14. The molecule has 0 fully saturated rings. The number of likely N-dealkylation sites (N-methyl/N-ethyl adjacent to an activating group) is 2. The minimum atomic E-state index is 0.0932. The number of aliphatic imine (C=N–C) groups is 1. The van der Waals surface area contributed by atoms with Crippen LogP contribution in [0.15, 0.2) is 9.52 Å². The highest BCUT2D eigenvalue weighted by atomic mass is 16.5. The standard InChI is InChI=1S/C15H28N6O2/c1-6-16-15(17-10-9-13-18-12(4)19-23-13)20(5)11-14(22)21(7-2)8-3/h6-11H2,1-5H3,(H,16,17). The first-order valence-corrected chi connectivity index (χ1v) is 8.08. The van der Waals surface area contributed by atoms with Crippen LogP contribution >= 0.6 is 0 Å². The molecule has 23 heavy (non-hydrogen) atoms. The number of carbonyl (C=O) groups excluding carboxylic acids is 1. The van der Waals surface area contributed by atoms with E-state index in [1.54, 1.807) is 11.8 Å². The first-order valence-electron chi connectivity index (χ1n) is 8.08. The summed E-state index contributed by atoms with van der Waals surface area (Å²) in [7, 11) is 1.86. The molecule has 1 heterocycles. The molecule has 0 saturated carbocycles. The maximum absolute atomic E-state index is 12.2. The number of guanidine groups is 1. The van der Waals surface area contributed by atoms with Gasteiger partial charge in [0.1, 0.15) is 0 Å². The number of amides is 1. The highest BCUT2D eigenvalue weighted by Gasteiger charge is 2.15. The van der Waals surface area contributed by atoms with E-state index < -0.39 is 0 Å². The average Bonchev–Trinajstić information content (AvgIpc) is 2.93. The molecule has 0 atom stereocenters. The lowest BCUT2D eigenvalue weighted by Gasteiger charge is -2.25. The highest BCUT2D eigenvalue weighted by molar-refractivity contribution is 5.86. The van der Waals surface area contributed by atoms with E-state index in [9.17, 15) is 4.79 Å². The molecule has 0 aliphatic heterocycles. The molecule has 0 saturated heterocycles. The zero-order valence-corrected chi connectivity index (χ0v) is 14.8. The van der Waals surface area contributed by atoms with Crippen LogP contribution in [0.2, 0.25) is 0 Å². The Morgan fingerprint density at radius 2 is 2.00 bits per heavy atom. The van der Waals surface area contributed by atoms with E-state index in [0.29, 0.717) is 50.3 Å². The zero-order chi connectivity index (χ0) is 17.2. The van der Waals surface area contributed by atoms with Crippen LogP contribution < -0.4 is 5.32 Å². The molecule has 0 aliphatic rings. The van der Waals surface area contributed by atoms with E-state index in [1.165, 1.54) is 0 Å². The predicted octanol–water partition coefficient (Wildman–Crippen LogP) is 0.686. The Morgan fingerprint density at radius 1 is 1.30 bits per heavy atom. The third-order valence-corrected chi connectivity index (χ3v) is 3.34. The molecule has 1 rings (SSSR count). The molecule has 0 bridgehead atoms. The average molecular weight is 324 g/mol. The first-order chi connectivity index (χ1) is 11.0. The number of nitrogens with one attached hydrogen (secondary N) is 1. The van der Waals surface area contributed by atoms with E-state index in [0.717, 1.165) is 6.54 Å². The van der Waals surface area contributed by atoms with Crippen LogP contribution in [-0.4, -0.2) is 71.6 Å². The summed E-state index contributed by atoms with van der Waals surface area (Å²) in [5.41, 5.74) is 0. The summed E-state index contributed by atoms with van der Waals surface area (Å²) in [4.78, 5) is 24.5. The maximum Gasteiger partial charge on any atom is 0.242 e. The third kappa shape index (κ3) is 6.25. The molecule has 1 N–H and O–H groups in total. The number of hydrogen-bond acceptors (Lipinski definition) is 5. The van der Waals surface area contributed by atoms with Gasteiger partial charge in [0.05, 0.1) is 13.1 Å². The maximum atomic E-state index is 12.2. The van der Waals surface area contributed by atoms with Gasteiger partial charge in [-0.25, -0.2) is 0 Å².